The van der Waals surface area contributed by atoms with Crippen molar-refractivity contribution in [2.24, 2.45) is 10.7 Å². The summed E-state index contributed by atoms with van der Waals surface area (Å²) in [4.78, 5) is 45.3. The highest BCUT2D eigenvalue weighted by Crippen LogP contribution is 2.29. The van der Waals surface area contributed by atoms with Crippen LogP contribution in [0.3, 0.4) is 0 Å². The van der Waals surface area contributed by atoms with Crippen molar-refractivity contribution < 1.29 is 19.1 Å². The second-order valence-corrected chi connectivity index (χ2v) is 9.78. The molecule has 0 saturated heterocycles. The largest absolute Gasteiger partial charge is 0.497 e. The number of aliphatic imine (C=N–C) groups is 1. The van der Waals surface area contributed by atoms with Gasteiger partial charge in [-0.1, -0.05) is 25.1 Å². The number of amidine groups is 1. The van der Waals surface area contributed by atoms with Gasteiger partial charge in [0.2, 0.25) is 17.7 Å². The molecule has 4 N–H and O–H groups in total. The van der Waals surface area contributed by atoms with Crippen LogP contribution >= 0.6 is 0 Å². The number of rotatable bonds is 12. The molecule has 0 spiro atoms. The van der Waals surface area contributed by atoms with Gasteiger partial charge in [-0.15, -0.1) is 0 Å². The summed E-state index contributed by atoms with van der Waals surface area (Å²) in [7, 11) is 3.46. The number of carbonyl (C=O) groups excluding carboxylic acids is 3. The van der Waals surface area contributed by atoms with Crippen LogP contribution in [0.2, 0.25) is 0 Å². The number of hydrogen-bond acceptors (Lipinski definition) is 6. The van der Waals surface area contributed by atoms with E-state index in [0.29, 0.717) is 24.3 Å². The highest BCUT2D eigenvalue weighted by Gasteiger charge is 2.29. The number of likely N-dealkylation sites (N-methyl/N-ethyl adjacent to an activating group) is 2. The summed E-state index contributed by atoms with van der Waals surface area (Å²) in [6, 6.07) is 11.4. The van der Waals surface area contributed by atoms with Crippen molar-refractivity contribution in [2.75, 3.05) is 51.8 Å². The van der Waals surface area contributed by atoms with Crippen molar-refractivity contribution in [3.63, 3.8) is 0 Å². The number of benzene rings is 2. The Bertz CT molecular complexity index is 1230. The standard InChI is InChI=1S/C29H40N6O4/c1-6-31-11-12-32-27(37)17-35(26-16-22(8-7-19(26)2)29(30)33-20(3)36)18-28(38)34(4)24-13-21-9-10-25(39-5)15-23(21)14-24/h7-10,15-16,24,31H,6,11-14,17-18H2,1-5H3,(H,32,37)(H2,30,33,36). The Balaban J connectivity index is 1.81. The number of hydrogen-bond donors (Lipinski definition) is 3. The molecule has 0 bridgehead atoms. The zero-order valence-corrected chi connectivity index (χ0v) is 23.5. The summed E-state index contributed by atoms with van der Waals surface area (Å²) in [5.74, 6) is 0.187. The summed E-state index contributed by atoms with van der Waals surface area (Å²) in [5.41, 5.74) is 10.5. The van der Waals surface area contributed by atoms with Crippen LogP contribution in [-0.4, -0.2) is 81.4 Å². The quantitative estimate of drug-likeness (QED) is 0.213. The number of anilines is 1. The first-order chi connectivity index (χ1) is 18.6. The maximum absolute atomic E-state index is 13.6. The molecule has 39 heavy (non-hydrogen) atoms. The minimum Gasteiger partial charge on any atom is -0.497 e. The van der Waals surface area contributed by atoms with Crippen LogP contribution in [-0.2, 0) is 27.2 Å². The third kappa shape index (κ3) is 8.03. The number of ether oxygens (including phenoxy) is 1. The van der Waals surface area contributed by atoms with Gasteiger partial charge in [-0.25, -0.2) is 0 Å². The van der Waals surface area contributed by atoms with Crippen molar-refractivity contribution in [1.82, 2.24) is 15.5 Å². The van der Waals surface area contributed by atoms with Gasteiger partial charge in [-0.2, -0.15) is 4.99 Å². The SMILES string of the molecule is CCNCCNC(=O)CN(CC(=O)N(C)C1Cc2ccc(OC)cc2C1)c1cc(C(N)=NC(C)=O)ccc1C. The Morgan fingerprint density at radius 1 is 1.08 bits per heavy atom. The van der Waals surface area contributed by atoms with Crippen molar-refractivity contribution in [3.8, 4) is 5.75 Å². The molecule has 10 nitrogen and oxygen atoms in total. The van der Waals surface area contributed by atoms with E-state index in [-0.39, 0.29) is 36.8 Å². The highest BCUT2D eigenvalue weighted by molar-refractivity contribution is 6.04. The lowest BCUT2D eigenvalue weighted by molar-refractivity contribution is -0.130. The molecule has 1 unspecified atom stereocenters. The Kier molecular flexibility index (Phi) is 10.4. The molecule has 0 aliphatic heterocycles. The first-order valence-corrected chi connectivity index (χ1v) is 13.2. The molecular formula is C29H40N6O4. The van der Waals surface area contributed by atoms with Crippen LogP contribution in [0.25, 0.3) is 0 Å². The number of nitrogens with zero attached hydrogens (tertiary/aromatic N) is 3. The van der Waals surface area contributed by atoms with Crippen molar-refractivity contribution in [3.05, 3.63) is 58.7 Å². The normalized spacial score (nSPS) is 14.5. The number of nitrogens with two attached hydrogens (primary N) is 1. The Morgan fingerprint density at radius 2 is 1.82 bits per heavy atom. The molecule has 0 radical (unpaired) electrons. The first-order valence-electron chi connectivity index (χ1n) is 13.2. The van der Waals surface area contributed by atoms with Gasteiger partial charge in [0.25, 0.3) is 0 Å². The molecule has 3 amide bonds. The van der Waals surface area contributed by atoms with E-state index in [1.165, 1.54) is 18.1 Å². The van der Waals surface area contributed by atoms with E-state index in [9.17, 15) is 14.4 Å². The van der Waals surface area contributed by atoms with Gasteiger partial charge in [0.05, 0.1) is 20.2 Å². The number of amides is 3. The average molecular weight is 537 g/mol. The summed E-state index contributed by atoms with van der Waals surface area (Å²) >= 11 is 0. The van der Waals surface area contributed by atoms with Crippen molar-refractivity contribution in [2.45, 2.75) is 39.7 Å². The van der Waals surface area contributed by atoms with Gasteiger partial charge in [0.1, 0.15) is 11.6 Å². The fourth-order valence-corrected chi connectivity index (χ4v) is 4.72. The monoisotopic (exact) mass is 536 g/mol. The fourth-order valence-electron chi connectivity index (χ4n) is 4.72. The smallest absolute Gasteiger partial charge is 0.244 e. The maximum Gasteiger partial charge on any atom is 0.244 e. The molecule has 10 heteroatoms. The molecule has 3 rings (SSSR count). The van der Waals surface area contributed by atoms with E-state index < -0.39 is 5.91 Å². The maximum atomic E-state index is 13.6. The molecular weight excluding hydrogens is 496 g/mol. The lowest BCUT2D eigenvalue weighted by atomic mass is 10.1. The van der Waals surface area contributed by atoms with Crippen LogP contribution in [0, 0.1) is 6.92 Å². The van der Waals surface area contributed by atoms with E-state index >= 15 is 0 Å². The third-order valence-corrected chi connectivity index (χ3v) is 6.92. The average Bonchev–Trinajstić information content (AvgIpc) is 3.33. The Hall–Kier alpha value is -3.92. The van der Waals surface area contributed by atoms with E-state index in [0.717, 1.165) is 30.7 Å². The van der Waals surface area contributed by atoms with Crippen molar-refractivity contribution in [1.29, 1.82) is 0 Å². The summed E-state index contributed by atoms with van der Waals surface area (Å²) in [5, 5.41) is 6.08. The van der Waals surface area contributed by atoms with Gasteiger partial charge in [-0.3, -0.25) is 14.4 Å². The molecule has 210 valence electrons. The van der Waals surface area contributed by atoms with Gasteiger partial charge < -0.3 is 30.9 Å². The predicted octanol–water partition coefficient (Wildman–Crippen LogP) is 1.41. The second kappa shape index (κ2) is 13.7. The van der Waals surface area contributed by atoms with Gasteiger partial charge >= 0.3 is 0 Å². The number of carbonyl (C=O) groups is 3. The lowest BCUT2D eigenvalue weighted by Gasteiger charge is -2.30. The zero-order chi connectivity index (χ0) is 28.5. The van der Waals surface area contributed by atoms with Crippen molar-refractivity contribution >= 4 is 29.2 Å². The number of fused-ring (bicyclic) bond motifs is 1. The van der Waals surface area contributed by atoms with Gasteiger partial charge in [0, 0.05) is 44.4 Å². The first kappa shape index (κ1) is 29.6. The van der Waals surface area contributed by atoms with Crippen LogP contribution in [0.5, 0.6) is 5.75 Å². The summed E-state index contributed by atoms with van der Waals surface area (Å²) < 4.78 is 5.36. The van der Waals surface area contributed by atoms with E-state index in [1.54, 1.807) is 29.0 Å². The van der Waals surface area contributed by atoms with E-state index in [4.69, 9.17) is 10.5 Å². The summed E-state index contributed by atoms with van der Waals surface area (Å²) in [6.45, 7) is 7.18. The molecule has 1 aliphatic rings. The minimum absolute atomic E-state index is 0.00133. The number of aryl methyl sites for hydroxylation is 1. The minimum atomic E-state index is -0.404. The topological polar surface area (TPSA) is 129 Å². The molecule has 0 heterocycles. The third-order valence-electron chi connectivity index (χ3n) is 6.92. The Morgan fingerprint density at radius 3 is 2.51 bits per heavy atom. The van der Waals surface area contributed by atoms with E-state index in [2.05, 4.69) is 21.7 Å². The molecule has 0 saturated carbocycles. The second-order valence-electron chi connectivity index (χ2n) is 9.78. The van der Waals surface area contributed by atoms with Crippen LogP contribution in [0.15, 0.2) is 41.4 Å². The molecule has 0 aromatic heterocycles. The molecule has 2 aromatic carbocycles. The predicted molar refractivity (Wildman–Crippen MR) is 153 cm³/mol. The summed E-state index contributed by atoms with van der Waals surface area (Å²) in [6.07, 6.45) is 1.51. The number of nitrogens with one attached hydrogen (secondary N) is 2. The molecule has 0 fully saturated rings. The zero-order valence-electron chi connectivity index (χ0n) is 23.5. The van der Waals surface area contributed by atoms with Gasteiger partial charge in [-0.05, 0) is 61.2 Å². The highest BCUT2D eigenvalue weighted by atomic mass is 16.5. The number of methoxy groups -OCH3 is 1. The van der Waals surface area contributed by atoms with Crippen LogP contribution in [0.4, 0.5) is 5.69 Å². The van der Waals surface area contributed by atoms with Crippen LogP contribution in [0.1, 0.15) is 36.1 Å². The fraction of sp³-hybridized carbons (Fsp3) is 0.448. The van der Waals surface area contributed by atoms with Gasteiger partial charge in [0.15, 0.2) is 0 Å². The Labute approximate surface area is 230 Å². The van der Waals surface area contributed by atoms with E-state index in [1.807, 2.05) is 39.1 Å². The molecule has 1 aliphatic carbocycles. The molecule has 1 atom stereocenters. The van der Waals surface area contributed by atoms with Crippen LogP contribution < -0.4 is 26.0 Å². The molecule has 2 aromatic rings. The lowest BCUT2D eigenvalue weighted by Crippen LogP contribution is -2.47.